The van der Waals surface area contributed by atoms with Crippen LogP contribution in [0.1, 0.15) is 15.4 Å². The van der Waals surface area contributed by atoms with Crippen molar-refractivity contribution in [1.82, 2.24) is 4.98 Å². The first-order valence-electron chi connectivity index (χ1n) is 4.53. The lowest BCUT2D eigenvalue weighted by Gasteiger charge is -2.01. The van der Waals surface area contributed by atoms with Gasteiger partial charge in [-0.25, -0.2) is 9.37 Å². The lowest BCUT2D eigenvalue weighted by atomic mass is 10.1. The van der Waals surface area contributed by atoms with Gasteiger partial charge in [-0.05, 0) is 18.2 Å². The van der Waals surface area contributed by atoms with Crippen molar-refractivity contribution < 1.29 is 9.18 Å². The Morgan fingerprint density at radius 1 is 1.50 bits per heavy atom. The molecule has 1 aromatic heterocycles. The van der Waals surface area contributed by atoms with Crippen molar-refractivity contribution in [2.24, 2.45) is 0 Å². The van der Waals surface area contributed by atoms with E-state index in [0.29, 0.717) is 10.0 Å². The number of ketones is 1. The fourth-order valence-corrected chi connectivity index (χ4v) is 2.07. The fourth-order valence-electron chi connectivity index (χ4n) is 1.28. The van der Waals surface area contributed by atoms with Crippen LogP contribution in [0.5, 0.6) is 0 Å². The lowest BCUT2D eigenvalue weighted by Crippen LogP contribution is -2.05. The number of hydrogen-bond acceptors (Lipinski definition) is 3. The number of thiazole rings is 1. The van der Waals surface area contributed by atoms with E-state index in [1.54, 1.807) is 11.6 Å². The highest BCUT2D eigenvalue weighted by molar-refractivity contribution is 7.09. The third kappa shape index (κ3) is 2.46. The smallest absolute Gasteiger partial charge is 0.172 e. The van der Waals surface area contributed by atoms with E-state index in [1.165, 1.54) is 29.5 Å². The molecule has 0 atom stereocenters. The number of halogens is 2. The average molecular weight is 256 g/mol. The quantitative estimate of drug-likeness (QED) is 0.787. The summed E-state index contributed by atoms with van der Waals surface area (Å²) in [5.74, 6) is -0.860. The lowest BCUT2D eigenvalue weighted by molar-refractivity contribution is 0.0989. The molecule has 0 radical (unpaired) electrons. The third-order valence-electron chi connectivity index (χ3n) is 2.02. The Labute approximate surface area is 101 Å². The number of hydrogen-bond donors (Lipinski definition) is 0. The highest BCUT2D eigenvalue weighted by Gasteiger charge is 2.13. The molecule has 0 saturated heterocycles. The molecule has 5 heteroatoms. The van der Waals surface area contributed by atoms with E-state index in [2.05, 4.69) is 4.98 Å². The summed E-state index contributed by atoms with van der Waals surface area (Å²) >= 11 is 7.08. The molecule has 0 fully saturated rings. The number of carbonyl (C=O) groups is 1. The molecular weight excluding hydrogens is 249 g/mol. The van der Waals surface area contributed by atoms with Gasteiger partial charge in [-0.2, -0.15) is 0 Å². The van der Waals surface area contributed by atoms with Crippen LogP contribution in [-0.2, 0) is 6.42 Å². The number of rotatable bonds is 3. The summed E-state index contributed by atoms with van der Waals surface area (Å²) in [6.45, 7) is 0. The Bertz CT molecular complexity index is 513. The number of aromatic nitrogens is 1. The van der Waals surface area contributed by atoms with E-state index in [1.807, 2.05) is 0 Å². The highest BCUT2D eigenvalue weighted by atomic mass is 35.5. The van der Waals surface area contributed by atoms with Gasteiger partial charge < -0.3 is 0 Å². The Hall–Kier alpha value is -1.26. The van der Waals surface area contributed by atoms with E-state index >= 15 is 0 Å². The van der Waals surface area contributed by atoms with Gasteiger partial charge in [0, 0.05) is 16.6 Å². The van der Waals surface area contributed by atoms with E-state index in [-0.39, 0.29) is 17.8 Å². The first-order chi connectivity index (χ1) is 7.66. The SMILES string of the molecule is O=C(Cc1nccs1)c1cc(Cl)ccc1F. The van der Waals surface area contributed by atoms with Crippen LogP contribution < -0.4 is 0 Å². The Kier molecular flexibility index (Phi) is 3.31. The van der Waals surface area contributed by atoms with Crippen LogP contribution in [0.4, 0.5) is 4.39 Å². The predicted octanol–water partition coefficient (Wildman–Crippen LogP) is 3.36. The zero-order chi connectivity index (χ0) is 11.5. The topological polar surface area (TPSA) is 30.0 Å². The monoisotopic (exact) mass is 255 g/mol. The minimum atomic E-state index is -0.550. The maximum absolute atomic E-state index is 13.4. The Balaban J connectivity index is 2.24. The standard InChI is InChI=1S/C11H7ClFNOS/c12-7-1-2-9(13)8(5-7)10(15)6-11-14-3-4-16-11/h1-5H,6H2. The summed E-state index contributed by atoms with van der Waals surface area (Å²) in [6.07, 6.45) is 1.72. The average Bonchev–Trinajstić information content (AvgIpc) is 2.74. The molecule has 0 aliphatic rings. The van der Waals surface area contributed by atoms with Crippen molar-refractivity contribution in [3.05, 3.63) is 51.2 Å². The van der Waals surface area contributed by atoms with Crippen molar-refractivity contribution in [1.29, 1.82) is 0 Å². The molecular formula is C11H7ClFNOS. The molecule has 1 aromatic carbocycles. The molecule has 16 heavy (non-hydrogen) atoms. The van der Waals surface area contributed by atoms with Crippen molar-refractivity contribution in [2.75, 3.05) is 0 Å². The van der Waals surface area contributed by atoms with Crippen LogP contribution >= 0.6 is 22.9 Å². The predicted molar refractivity (Wildman–Crippen MR) is 61.6 cm³/mol. The van der Waals surface area contributed by atoms with Crippen LogP contribution in [-0.4, -0.2) is 10.8 Å². The molecule has 0 amide bonds. The number of carbonyl (C=O) groups excluding carboxylic acids is 1. The van der Waals surface area contributed by atoms with Crippen molar-refractivity contribution in [2.45, 2.75) is 6.42 Å². The fraction of sp³-hybridized carbons (Fsp3) is 0.0909. The van der Waals surface area contributed by atoms with Crippen molar-refractivity contribution in [3.63, 3.8) is 0 Å². The zero-order valence-electron chi connectivity index (χ0n) is 8.11. The summed E-state index contributed by atoms with van der Waals surface area (Å²) in [5, 5.41) is 2.80. The molecule has 0 aliphatic heterocycles. The van der Waals surface area contributed by atoms with Crippen LogP contribution in [0.15, 0.2) is 29.8 Å². The Morgan fingerprint density at radius 2 is 2.31 bits per heavy atom. The van der Waals surface area contributed by atoms with E-state index < -0.39 is 5.82 Å². The number of benzene rings is 1. The molecule has 0 aliphatic carbocycles. The van der Waals surface area contributed by atoms with Crippen molar-refractivity contribution in [3.8, 4) is 0 Å². The summed E-state index contributed by atoms with van der Waals surface area (Å²) in [5.41, 5.74) is 0.0164. The number of nitrogens with zero attached hydrogens (tertiary/aromatic N) is 1. The molecule has 0 N–H and O–H groups in total. The van der Waals surface area contributed by atoms with E-state index in [4.69, 9.17) is 11.6 Å². The summed E-state index contributed by atoms with van der Waals surface area (Å²) < 4.78 is 13.4. The summed E-state index contributed by atoms with van der Waals surface area (Å²) in [6, 6.07) is 3.95. The van der Waals surface area contributed by atoms with E-state index in [0.717, 1.165) is 0 Å². The minimum absolute atomic E-state index is 0.0164. The van der Waals surface area contributed by atoms with Gasteiger partial charge >= 0.3 is 0 Å². The van der Waals surface area contributed by atoms with Crippen LogP contribution in [0, 0.1) is 5.82 Å². The van der Waals surface area contributed by atoms with Crippen LogP contribution in [0.25, 0.3) is 0 Å². The normalized spacial score (nSPS) is 10.4. The molecule has 0 spiro atoms. The zero-order valence-corrected chi connectivity index (χ0v) is 9.69. The van der Waals surface area contributed by atoms with Crippen molar-refractivity contribution >= 4 is 28.7 Å². The van der Waals surface area contributed by atoms with Gasteiger partial charge in [-0.3, -0.25) is 4.79 Å². The maximum atomic E-state index is 13.4. The second kappa shape index (κ2) is 4.72. The summed E-state index contributed by atoms with van der Waals surface area (Å²) in [7, 11) is 0. The van der Waals surface area contributed by atoms with Gasteiger partial charge in [0.2, 0.25) is 0 Å². The molecule has 82 valence electrons. The van der Waals surface area contributed by atoms with Gasteiger partial charge in [0.1, 0.15) is 10.8 Å². The molecule has 0 saturated carbocycles. The minimum Gasteiger partial charge on any atom is -0.294 e. The molecule has 2 nitrogen and oxygen atoms in total. The van der Waals surface area contributed by atoms with Crippen LogP contribution in [0.3, 0.4) is 0 Å². The number of Topliss-reactive ketones (excluding diaryl/α,β-unsaturated/α-hetero) is 1. The van der Waals surface area contributed by atoms with Crippen LogP contribution in [0.2, 0.25) is 5.02 Å². The first-order valence-corrected chi connectivity index (χ1v) is 5.79. The maximum Gasteiger partial charge on any atom is 0.172 e. The molecule has 0 unspecified atom stereocenters. The second-order valence-electron chi connectivity index (χ2n) is 3.15. The van der Waals surface area contributed by atoms with E-state index in [9.17, 15) is 9.18 Å². The second-order valence-corrected chi connectivity index (χ2v) is 4.57. The molecule has 2 rings (SSSR count). The van der Waals surface area contributed by atoms with Gasteiger partial charge in [-0.1, -0.05) is 11.6 Å². The van der Waals surface area contributed by atoms with Gasteiger partial charge in [0.25, 0.3) is 0 Å². The van der Waals surface area contributed by atoms with Gasteiger partial charge in [0.05, 0.1) is 12.0 Å². The Morgan fingerprint density at radius 3 is 3.00 bits per heavy atom. The first kappa shape index (κ1) is 11.2. The van der Waals surface area contributed by atoms with Gasteiger partial charge in [0.15, 0.2) is 5.78 Å². The van der Waals surface area contributed by atoms with Gasteiger partial charge in [-0.15, -0.1) is 11.3 Å². The summed E-state index contributed by atoms with van der Waals surface area (Å²) in [4.78, 5) is 15.7. The molecule has 1 heterocycles. The molecule has 0 bridgehead atoms. The highest BCUT2D eigenvalue weighted by Crippen LogP contribution is 2.17. The molecule has 2 aromatic rings. The largest absolute Gasteiger partial charge is 0.294 e. The third-order valence-corrected chi connectivity index (χ3v) is 3.04.